The number of carbonyl (C=O) groups excluding carboxylic acids is 3. The van der Waals surface area contributed by atoms with E-state index in [1.165, 1.54) is 0 Å². The van der Waals surface area contributed by atoms with E-state index in [0.717, 1.165) is 29.8 Å². The summed E-state index contributed by atoms with van der Waals surface area (Å²) in [5.41, 5.74) is 1.92. The molecule has 0 aliphatic carbocycles. The van der Waals surface area contributed by atoms with Crippen LogP contribution in [0.1, 0.15) is 28.8 Å². The molecule has 0 spiro atoms. The van der Waals surface area contributed by atoms with Gasteiger partial charge in [0.05, 0.1) is 33.6 Å². The Balaban J connectivity index is 1.57. The Morgan fingerprint density at radius 1 is 1.00 bits per heavy atom. The molecule has 3 heterocycles. The van der Waals surface area contributed by atoms with Crippen LogP contribution in [0.15, 0.2) is 42.5 Å². The zero-order valence-corrected chi connectivity index (χ0v) is 17.9. The first-order chi connectivity index (χ1) is 14.4. The molecule has 0 saturated carbocycles. The van der Waals surface area contributed by atoms with Crippen molar-refractivity contribution in [3.8, 4) is 0 Å². The van der Waals surface area contributed by atoms with Crippen LogP contribution >= 0.6 is 23.2 Å². The lowest BCUT2D eigenvalue weighted by Gasteiger charge is -2.28. The molecule has 3 fully saturated rings. The SMILES string of the molecule is Cc1ccc(C(=O)[C@@H]2[C@@H]3C(=O)N(c4cccc(Cl)c4Cl)C(=O)[C@@H]3[C@H]3CCCN32)cc1. The van der Waals surface area contributed by atoms with Crippen molar-refractivity contribution in [3.05, 3.63) is 63.6 Å². The first kappa shape index (κ1) is 19.7. The second-order valence-electron chi connectivity index (χ2n) is 8.26. The first-order valence-corrected chi connectivity index (χ1v) is 10.8. The van der Waals surface area contributed by atoms with E-state index in [-0.39, 0.29) is 33.7 Å². The van der Waals surface area contributed by atoms with E-state index in [1.807, 2.05) is 19.1 Å². The van der Waals surface area contributed by atoms with Crippen LogP contribution in [0.25, 0.3) is 0 Å². The molecule has 2 amide bonds. The van der Waals surface area contributed by atoms with Crippen LogP contribution in [0.3, 0.4) is 0 Å². The molecule has 5 nitrogen and oxygen atoms in total. The molecule has 7 heteroatoms. The predicted octanol–water partition coefficient (Wildman–Crippen LogP) is 4.14. The van der Waals surface area contributed by atoms with Gasteiger partial charge in [0, 0.05) is 11.6 Å². The van der Waals surface area contributed by atoms with Crippen LogP contribution in [-0.2, 0) is 9.59 Å². The predicted molar refractivity (Wildman–Crippen MR) is 115 cm³/mol. The molecule has 2 aromatic rings. The molecule has 5 rings (SSSR count). The van der Waals surface area contributed by atoms with E-state index < -0.39 is 17.9 Å². The lowest BCUT2D eigenvalue weighted by Crippen LogP contribution is -2.46. The van der Waals surface area contributed by atoms with Crippen LogP contribution in [-0.4, -0.2) is 41.1 Å². The van der Waals surface area contributed by atoms with E-state index in [9.17, 15) is 14.4 Å². The number of hydrogen-bond acceptors (Lipinski definition) is 4. The molecule has 0 N–H and O–H groups in total. The highest BCUT2D eigenvalue weighted by atomic mass is 35.5. The monoisotopic (exact) mass is 442 g/mol. The van der Waals surface area contributed by atoms with Gasteiger partial charge in [-0.25, -0.2) is 4.90 Å². The van der Waals surface area contributed by atoms with Crippen LogP contribution in [0, 0.1) is 18.8 Å². The number of carbonyl (C=O) groups is 3. The van der Waals surface area contributed by atoms with Crippen molar-refractivity contribution in [3.63, 3.8) is 0 Å². The molecular weight excluding hydrogens is 423 g/mol. The largest absolute Gasteiger partial charge is 0.292 e. The molecule has 30 heavy (non-hydrogen) atoms. The number of ketones is 1. The van der Waals surface area contributed by atoms with Gasteiger partial charge in [0.2, 0.25) is 11.8 Å². The summed E-state index contributed by atoms with van der Waals surface area (Å²) < 4.78 is 0. The lowest BCUT2D eigenvalue weighted by atomic mass is 9.85. The van der Waals surface area contributed by atoms with Crippen LogP contribution in [0.5, 0.6) is 0 Å². The number of halogens is 2. The Bertz CT molecular complexity index is 1070. The molecule has 2 aromatic carbocycles. The molecule has 4 atom stereocenters. The first-order valence-electron chi connectivity index (χ1n) is 10.1. The third kappa shape index (κ3) is 2.76. The van der Waals surface area contributed by atoms with Crippen molar-refractivity contribution >= 4 is 46.5 Å². The summed E-state index contributed by atoms with van der Waals surface area (Å²) in [7, 11) is 0. The number of anilines is 1. The fourth-order valence-corrected chi connectivity index (χ4v) is 5.69. The van der Waals surface area contributed by atoms with Gasteiger partial charge in [-0.1, -0.05) is 59.1 Å². The Morgan fingerprint density at radius 2 is 1.70 bits per heavy atom. The van der Waals surface area contributed by atoms with Gasteiger partial charge in [-0.15, -0.1) is 0 Å². The van der Waals surface area contributed by atoms with Crippen molar-refractivity contribution in [1.29, 1.82) is 0 Å². The minimum atomic E-state index is -0.702. The molecule has 3 aliphatic heterocycles. The summed E-state index contributed by atoms with van der Waals surface area (Å²) in [5, 5.41) is 0.451. The Hall–Kier alpha value is -2.21. The highest BCUT2D eigenvalue weighted by Gasteiger charge is 2.64. The Kier molecular flexibility index (Phi) is 4.73. The number of imide groups is 1. The average molecular weight is 443 g/mol. The summed E-state index contributed by atoms with van der Waals surface area (Å²) in [4.78, 5) is 43.6. The summed E-state index contributed by atoms with van der Waals surface area (Å²) in [6.07, 6.45) is 1.71. The van der Waals surface area contributed by atoms with Crippen molar-refractivity contribution in [2.75, 3.05) is 11.4 Å². The molecule has 0 unspecified atom stereocenters. The van der Waals surface area contributed by atoms with Gasteiger partial charge in [-0.2, -0.15) is 0 Å². The zero-order valence-electron chi connectivity index (χ0n) is 16.3. The van der Waals surface area contributed by atoms with E-state index in [2.05, 4.69) is 4.90 Å². The Morgan fingerprint density at radius 3 is 2.43 bits per heavy atom. The highest BCUT2D eigenvalue weighted by Crippen LogP contribution is 2.49. The van der Waals surface area contributed by atoms with E-state index in [0.29, 0.717) is 11.3 Å². The average Bonchev–Trinajstić information content (AvgIpc) is 3.37. The quantitative estimate of drug-likeness (QED) is 0.529. The highest BCUT2D eigenvalue weighted by molar-refractivity contribution is 6.45. The van der Waals surface area contributed by atoms with E-state index in [4.69, 9.17) is 23.2 Å². The fourth-order valence-electron chi connectivity index (χ4n) is 5.31. The molecule has 154 valence electrons. The molecule has 3 saturated heterocycles. The maximum Gasteiger partial charge on any atom is 0.239 e. The van der Waals surface area contributed by atoms with Crippen LogP contribution < -0.4 is 4.90 Å². The summed E-state index contributed by atoms with van der Waals surface area (Å²) >= 11 is 12.5. The molecule has 0 aromatic heterocycles. The number of rotatable bonds is 3. The standard InChI is InChI=1S/C23H20Cl2N2O3/c1-12-7-9-13(10-8-12)21(28)20-18-17(15-6-3-11-26(15)20)22(29)27(23(18)30)16-5-2-4-14(24)19(16)25/h2,4-5,7-10,15,17-18,20H,3,6,11H2,1H3/t15-,17-,18-,20+/m1/s1. The number of amides is 2. The maximum atomic E-state index is 13.5. The number of nitrogens with zero attached hydrogens (tertiary/aromatic N) is 2. The normalized spacial score (nSPS) is 28.2. The van der Waals surface area contributed by atoms with E-state index >= 15 is 0 Å². The molecule has 3 aliphatic rings. The zero-order chi connectivity index (χ0) is 21.2. The van der Waals surface area contributed by atoms with Crippen LogP contribution in [0.2, 0.25) is 10.0 Å². The van der Waals surface area contributed by atoms with E-state index in [1.54, 1.807) is 30.3 Å². The minimum absolute atomic E-state index is 0.102. The van der Waals surface area contributed by atoms with Gasteiger partial charge in [-0.05, 0) is 38.4 Å². The van der Waals surface area contributed by atoms with Gasteiger partial charge in [-0.3, -0.25) is 19.3 Å². The third-order valence-electron chi connectivity index (χ3n) is 6.63. The number of aryl methyl sites for hydroxylation is 1. The number of hydrogen-bond donors (Lipinski definition) is 0. The van der Waals surface area contributed by atoms with Gasteiger partial charge >= 0.3 is 0 Å². The third-order valence-corrected chi connectivity index (χ3v) is 7.44. The number of Topliss-reactive ketones (excluding diaryl/α,β-unsaturated/α-hetero) is 1. The van der Waals surface area contributed by atoms with Crippen molar-refractivity contribution < 1.29 is 14.4 Å². The minimum Gasteiger partial charge on any atom is -0.292 e. The molecular formula is C23H20Cl2N2O3. The van der Waals surface area contributed by atoms with Gasteiger partial charge in [0.15, 0.2) is 5.78 Å². The number of fused-ring (bicyclic) bond motifs is 3. The smallest absolute Gasteiger partial charge is 0.239 e. The van der Waals surface area contributed by atoms with Gasteiger partial charge < -0.3 is 0 Å². The number of benzene rings is 2. The van der Waals surface area contributed by atoms with Crippen molar-refractivity contribution in [2.45, 2.75) is 31.8 Å². The second kappa shape index (κ2) is 7.19. The summed E-state index contributed by atoms with van der Waals surface area (Å²) in [6.45, 7) is 2.68. The Labute approximate surface area is 184 Å². The molecule has 0 bridgehead atoms. The van der Waals surface area contributed by atoms with Crippen molar-refractivity contribution in [2.24, 2.45) is 11.8 Å². The topological polar surface area (TPSA) is 57.7 Å². The van der Waals surface area contributed by atoms with Crippen molar-refractivity contribution in [1.82, 2.24) is 4.90 Å². The summed E-state index contributed by atoms with van der Waals surface area (Å²) in [6, 6.07) is 11.5. The second-order valence-corrected chi connectivity index (χ2v) is 9.04. The van der Waals surface area contributed by atoms with Crippen LogP contribution in [0.4, 0.5) is 5.69 Å². The molecule has 0 radical (unpaired) electrons. The fraction of sp³-hybridized carbons (Fsp3) is 0.348. The van der Waals surface area contributed by atoms with Gasteiger partial charge in [0.1, 0.15) is 0 Å². The maximum absolute atomic E-state index is 13.5. The van der Waals surface area contributed by atoms with Gasteiger partial charge in [0.25, 0.3) is 0 Å². The lowest BCUT2D eigenvalue weighted by molar-refractivity contribution is -0.123. The summed E-state index contributed by atoms with van der Waals surface area (Å²) in [5.74, 6) is -1.99.